The SMILES string of the molecule is CNC(Cc1nc(C)c(C)s1)C1Cc2ccccc2C1. The molecule has 0 saturated heterocycles. The minimum atomic E-state index is 0.521. The van der Waals surface area contributed by atoms with Crippen molar-refractivity contribution in [1.82, 2.24) is 10.3 Å². The second kappa shape index (κ2) is 5.66. The van der Waals surface area contributed by atoms with Gasteiger partial charge in [-0.15, -0.1) is 11.3 Å². The molecule has 1 aromatic heterocycles. The second-order valence-electron chi connectivity index (χ2n) is 5.79. The van der Waals surface area contributed by atoms with Crippen LogP contribution in [0.3, 0.4) is 0 Å². The smallest absolute Gasteiger partial charge is 0.0946 e. The van der Waals surface area contributed by atoms with Gasteiger partial charge in [0.15, 0.2) is 0 Å². The first-order chi connectivity index (χ1) is 9.67. The monoisotopic (exact) mass is 286 g/mol. The minimum absolute atomic E-state index is 0.521. The van der Waals surface area contributed by atoms with Gasteiger partial charge < -0.3 is 5.32 Å². The molecule has 1 aliphatic carbocycles. The van der Waals surface area contributed by atoms with Crippen LogP contribution in [0, 0.1) is 19.8 Å². The quantitative estimate of drug-likeness (QED) is 0.933. The molecule has 3 heteroatoms. The van der Waals surface area contributed by atoms with Crippen molar-refractivity contribution >= 4 is 11.3 Å². The summed E-state index contributed by atoms with van der Waals surface area (Å²) < 4.78 is 0. The molecule has 1 atom stereocenters. The van der Waals surface area contributed by atoms with Crippen molar-refractivity contribution in [3.8, 4) is 0 Å². The van der Waals surface area contributed by atoms with Gasteiger partial charge in [0.1, 0.15) is 0 Å². The van der Waals surface area contributed by atoms with Crippen LogP contribution < -0.4 is 5.32 Å². The average Bonchev–Trinajstić information content (AvgIpc) is 3.00. The van der Waals surface area contributed by atoms with Crippen LogP contribution in [-0.4, -0.2) is 18.1 Å². The molecule has 1 N–H and O–H groups in total. The maximum absolute atomic E-state index is 4.70. The predicted molar refractivity (Wildman–Crippen MR) is 85.5 cm³/mol. The molecular formula is C17H22N2S. The van der Waals surface area contributed by atoms with Crippen LogP contribution >= 0.6 is 11.3 Å². The molecule has 106 valence electrons. The van der Waals surface area contributed by atoms with Gasteiger partial charge >= 0.3 is 0 Å². The molecule has 2 nitrogen and oxygen atoms in total. The molecular weight excluding hydrogens is 264 g/mol. The number of rotatable bonds is 4. The Morgan fingerprint density at radius 1 is 1.25 bits per heavy atom. The highest BCUT2D eigenvalue weighted by atomic mass is 32.1. The molecule has 20 heavy (non-hydrogen) atoms. The Balaban J connectivity index is 1.72. The highest BCUT2D eigenvalue weighted by molar-refractivity contribution is 7.11. The third-order valence-corrected chi connectivity index (χ3v) is 5.58. The maximum atomic E-state index is 4.70. The lowest BCUT2D eigenvalue weighted by molar-refractivity contribution is 0.383. The van der Waals surface area contributed by atoms with Crippen LogP contribution in [0.2, 0.25) is 0 Å². The standard InChI is InChI=1S/C17H22N2S/c1-11-12(2)20-17(19-11)10-16(18-3)15-8-13-6-4-5-7-14(13)9-15/h4-7,15-16,18H,8-10H2,1-3H3. The summed E-state index contributed by atoms with van der Waals surface area (Å²) in [4.78, 5) is 6.05. The molecule has 1 aliphatic rings. The maximum Gasteiger partial charge on any atom is 0.0946 e. The van der Waals surface area contributed by atoms with E-state index in [9.17, 15) is 0 Å². The summed E-state index contributed by atoms with van der Waals surface area (Å²) >= 11 is 1.85. The average molecular weight is 286 g/mol. The van der Waals surface area contributed by atoms with Gasteiger partial charge in [-0.1, -0.05) is 24.3 Å². The first-order valence-corrected chi connectivity index (χ1v) is 8.16. The molecule has 0 bridgehead atoms. The molecule has 0 saturated carbocycles. The lowest BCUT2D eigenvalue weighted by atomic mass is 9.94. The van der Waals surface area contributed by atoms with Crippen molar-refractivity contribution in [2.45, 2.75) is 39.2 Å². The van der Waals surface area contributed by atoms with E-state index in [2.05, 4.69) is 50.5 Å². The van der Waals surface area contributed by atoms with E-state index in [0.717, 1.165) is 6.42 Å². The van der Waals surface area contributed by atoms with Crippen LogP contribution in [0.1, 0.15) is 26.7 Å². The summed E-state index contributed by atoms with van der Waals surface area (Å²) in [6.45, 7) is 4.27. The van der Waals surface area contributed by atoms with Crippen LogP contribution in [-0.2, 0) is 19.3 Å². The highest BCUT2D eigenvalue weighted by Crippen LogP contribution is 2.30. The van der Waals surface area contributed by atoms with E-state index in [1.165, 1.54) is 39.5 Å². The van der Waals surface area contributed by atoms with E-state index in [1.54, 1.807) is 0 Å². The van der Waals surface area contributed by atoms with Gasteiger partial charge in [0.2, 0.25) is 0 Å². The lowest BCUT2D eigenvalue weighted by Crippen LogP contribution is -2.36. The number of likely N-dealkylation sites (N-methyl/N-ethyl adjacent to an activating group) is 1. The molecule has 0 radical (unpaired) electrons. The van der Waals surface area contributed by atoms with Gasteiger partial charge in [0.05, 0.1) is 10.7 Å². The number of aryl methyl sites for hydroxylation is 2. The van der Waals surface area contributed by atoms with Crippen LogP contribution in [0.4, 0.5) is 0 Å². The van der Waals surface area contributed by atoms with Gasteiger partial charge in [-0.3, -0.25) is 0 Å². The fourth-order valence-corrected chi connectivity index (χ4v) is 4.19. The number of aromatic nitrogens is 1. The Hall–Kier alpha value is -1.19. The molecule has 0 amide bonds. The van der Waals surface area contributed by atoms with E-state index in [-0.39, 0.29) is 0 Å². The fourth-order valence-electron chi connectivity index (χ4n) is 3.20. The number of fused-ring (bicyclic) bond motifs is 1. The summed E-state index contributed by atoms with van der Waals surface area (Å²) in [5.74, 6) is 0.696. The van der Waals surface area contributed by atoms with Crippen LogP contribution in [0.15, 0.2) is 24.3 Å². The van der Waals surface area contributed by atoms with E-state index in [0.29, 0.717) is 12.0 Å². The molecule has 1 heterocycles. The van der Waals surface area contributed by atoms with Crippen molar-refractivity contribution in [3.63, 3.8) is 0 Å². The first-order valence-electron chi connectivity index (χ1n) is 7.34. The number of hydrogen-bond donors (Lipinski definition) is 1. The van der Waals surface area contributed by atoms with Crippen molar-refractivity contribution in [2.75, 3.05) is 7.05 Å². The summed E-state index contributed by atoms with van der Waals surface area (Å²) in [5.41, 5.74) is 4.25. The minimum Gasteiger partial charge on any atom is -0.316 e. The van der Waals surface area contributed by atoms with Crippen molar-refractivity contribution < 1.29 is 0 Å². The molecule has 0 spiro atoms. The number of benzene rings is 1. The molecule has 1 aromatic carbocycles. The Labute approximate surface area is 125 Å². The second-order valence-corrected chi connectivity index (χ2v) is 7.07. The highest BCUT2D eigenvalue weighted by Gasteiger charge is 2.28. The number of nitrogens with zero attached hydrogens (tertiary/aromatic N) is 1. The van der Waals surface area contributed by atoms with Crippen LogP contribution in [0.25, 0.3) is 0 Å². The Morgan fingerprint density at radius 3 is 2.40 bits per heavy atom. The van der Waals surface area contributed by atoms with Crippen molar-refractivity contribution in [2.24, 2.45) is 5.92 Å². The van der Waals surface area contributed by atoms with Crippen LogP contribution in [0.5, 0.6) is 0 Å². The number of nitrogens with one attached hydrogen (secondary N) is 1. The van der Waals surface area contributed by atoms with E-state index < -0.39 is 0 Å². The Morgan fingerprint density at radius 2 is 1.90 bits per heavy atom. The number of thiazole rings is 1. The molecule has 2 aromatic rings. The van der Waals surface area contributed by atoms with Gasteiger partial charge in [-0.05, 0) is 50.8 Å². The van der Waals surface area contributed by atoms with Gasteiger partial charge in [-0.25, -0.2) is 4.98 Å². The van der Waals surface area contributed by atoms with Gasteiger partial charge in [0, 0.05) is 17.3 Å². The summed E-state index contributed by atoms with van der Waals surface area (Å²) in [6.07, 6.45) is 3.45. The summed E-state index contributed by atoms with van der Waals surface area (Å²) in [7, 11) is 2.08. The third kappa shape index (κ3) is 2.65. The topological polar surface area (TPSA) is 24.9 Å². The zero-order chi connectivity index (χ0) is 14.1. The zero-order valence-electron chi connectivity index (χ0n) is 12.4. The summed E-state index contributed by atoms with van der Waals surface area (Å²) in [5, 5.41) is 4.80. The molecule has 1 unspecified atom stereocenters. The lowest BCUT2D eigenvalue weighted by Gasteiger charge is -2.22. The van der Waals surface area contributed by atoms with Crippen molar-refractivity contribution in [1.29, 1.82) is 0 Å². The van der Waals surface area contributed by atoms with Crippen molar-refractivity contribution in [3.05, 3.63) is 51.0 Å². The molecule has 0 fully saturated rings. The third-order valence-electron chi connectivity index (χ3n) is 4.49. The normalized spacial score (nSPS) is 16.4. The van der Waals surface area contributed by atoms with E-state index >= 15 is 0 Å². The predicted octanol–water partition coefficient (Wildman–Crippen LogP) is 3.31. The number of hydrogen-bond acceptors (Lipinski definition) is 3. The molecule has 0 aliphatic heterocycles. The van der Waals surface area contributed by atoms with E-state index in [4.69, 9.17) is 4.98 Å². The van der Waals surface area contributed by atoms with Gasteiger partial charge in [-0.2, -0.15) is 0 Å². The van der Waals surface area contributed by atoms with E-state index in [1.807, 2.05) is 11.3 Å². The largest absolute Gasteiger partial charge is 0.316 e. The Bertz CT molecular complexity index is 558. The van der Waals surface area contributed by atoms with Gasteiger partial charge in [0.25, 0.3) is 0 Å². The molecule has 3 rings (SSSR count). The first kappa shape index (κ1) is 13.8. The Kier molecular flexibility index (Phi) is 3.90. The summed E-state index contributed by atoms with van der Waals surface area (Å²) in [6, 6.07) is 9.39. The fraction of sp³-hybridized carbons (Fsp3) is 0.471. The zero-order valence-corrected chi connectivity index (χ0v) is 13.3.